The molecule has 3 unspecified atom stereocenters. The highest BCUT2D eigenvalue weighted by Crippen LogP contribution is 2.68. The van der Waals surface area contributed by atoms with Crippen LogP contribution in [0.1, 0.15) is 32.1 Å². The van der Waals surface area contributed by atoms with Gasteiger partial charge in [0.15, 0.2) is 0 Å². The number of halogens is 1. The van der Waals surface area contributed by atoms with Crippen molar-refractivity contribution < 1.29 is 24.2 Å². The number of hydrogen-bond donors (Lipinski definition) is 1. The summed E-state index contributed by atoms with van der Waals surface area (Å²) < 4.78 is 4.92. The number of amides is 2. The molecule has 218 valence electrons. The molecule has 2 aromatic carbocycles. The van der Waals surface area contributed by atoms with Crippen molar-refractivity contribution in [3.8, 4) is 0 Å². The van der Waals surface area contributed by atoms with E-state index in [1.54, 1.807) is 33.7 Å². The fourth-order valence-electron chi connectivity index (χ4n) is 6.75. The number of esters is 1. The summed E-state index contributed by atoms with van der Waals surface area (Å²) >= 11 is 5.41. The molecule has 3 fully saturated rings. The Morgan fingerprint density at radius 2 is 1.93 bits per heavy atom. The number of nitrogens with zero attached hydrogens (tertiary/aromatic N) is 2. The Morgan fingerprint density at radius 3 is 2.66 bits per heavy atom. The van der Waals surface area contributed by atoms with Crippen LogP contribution in [0.3, 0.4) is 0 Å². The van der Waals surface area contributed by atoms with E-state index in [1.807, 2.05) is 42.5 Å². The monoisotopic (exact) mass is 640 g/mol. The lowest BCUT2D eigenvalue weighted by Crippen LogP contribution is -2.55. The first-order chi connectivity index (χ1) is 19.9. The molecule has 0 saturated carbocycles. The molecule has 2 aromatic rings. The van der Waals surface area contributed by atoms with Crippen LogP contribution >= 0.6 is 27.7 Å². The summed E-state index contributed by atoms with van der Waals surface area (Å²) in [6, 6.07) is 13.2. The largest absolute Gasteiger partial charge is 0.465 e. The molecule has 0 aliphatic carbocycles. The summed E-state index contributed by atoms with van der Waals surface area (Å²) in [6.07, 6.45) is 6.60. The van der Waals surface area contributed by atoms with Crippen LogP contribution in [0.2, 0.25) is 0 Å². The van der Waals surface area contributed by atoms with E-state index in [9.17, 15) is 19.5 Å². The number of rotatable bonds is 13. The van der Waals surface area contributed by atoms with Gasteiger partial charge in [0, 0.05) is 35.5 Å². The van der Waals surface area contributed by atoms with E-state index in [-0.39, 0.29) is 47.6 Å². The Kier molecular flexibility index (Phi) is 9.26. The number of anilines is 1. The minimum absolute atomic E-state index is 0.00878. The van der Waals surface area contributed by atoms with Crippen molar-refractivity contribution in [1.29, 1.82) is 0 Å². The summed E-state index contributed by atoms with van der Waals surface area (Å²) in [5.41, 5.74) is 0.738. The second-order valence-corrected chi connectivity index (χ2v) is 13.7. The molecule has 5 rings (SSSR count). The van der Waals surface area contributed by atoms with E-state index in [2.05, 4.69) is 29.1 Å². The number of likely N-dealkylation sites (tertiary alicyclic amines) is 1. The predicted molar refractivity (Wildman–Crippen MR) is 167 cm³/mol. The summed E-state index contributed by atoms with van der Waals surface area (Å²) in [5, 5.41) is 11.4. The molecule has 3 aliphatic heterocycles. The van der Waals surface area contributed by atoms with Gasteiger partial charge in [0.05, 0.1) is 23.2 Å². The van der Waals surface area contributed by atoms with E-state index in [1.165, 1.54) is 0 Å². The number of allylic oxidation sites excluding steroid dienone is 1. The first-order valence-electron chi connectivity index (χ1n) is 14.3. The smallest absolute Gasteiger partial charge is 0.310 e. The van der Waals surface area contributed by atoms with Gasteiger partial charge in [0.2, 0.25) is 5.91 Å². The minimum atomic E-state index is -0.757. The number of unbranched alkanes of at least 4 members (excludes halogenated alkanes) is 2. The highest BCUT2D eigenvalue weighted by Gasteiger charge is 2.76. The van der Waals surface area contributed by atoms with Gasteiger partial charge in [0.25, 0.3) is 5.91 Å². The molecular weight excluding hydrogens is 604 g/mol. The number of alkyl halides is 1. The maximum absolute atomic E-state index is 14.7. The Balaban J connectivity index is 1.52. The van der Waals surface area contributed by atoms with Gasteiger partial charge in [-0.1, -0.05) is 58.4 Å². The van der Waals surface area contributed by atoms with E-state index >= 15 is 0 Å². The maximum atomic E-state index is 14.7. The molecule has 7 nitrogen and oxygen atoms in total. The second kappa shape index (κ2) is 12.7. The predicted octanol–water partition coefficient (Wildman–Crippen LogP) is 5.11. The van der Waals surface area contributed by atoms with Crippen LogP contribution in [-0.2, 0) is 19.1 Å². The molecule has 3 saturated heterocycles. The Bertz CT molecular complexity index is 1340. The lowest BCUT2D eigenvalue weighted by atomic mass is 9.71. The number of aliphatic hydroxyl groups excluding tert-OH is 1. The van der Waals surface area contributed by atoms with Crippen LogP contribution in [0.25, 0.3) is 10.8 Å². The number of aliphatic hydroxyl groups is 1. The normalized spacial score (nSPS) is 28.1. The van der Waals surface area contributed by atoms with Gasteiger partial charge in [-0.2, -0.15) is 0 Å². The topological polar surface area (TPSA) is 87.2 Å². The highest BCUT2D eigenvalue weighted by atomic mass is 79.9. The third-order valence-corrected chi connectivity index (χ3v) is 11.7. The zero-order chi connectivity index (χ0) is 29.1. The molecule has 3 aliphatic rings. The van der Waals surface area contributed by atoms with Gasteiger partial charge in [0.1, 0.15) is 6.04 Å². The molecular formula is C32H37BrN2O5S. The average molecular weight is 642 g/mol. The lowest BCUT2D eigenvalue weighted by Gasteiger charge is -2.38. The van der Waals surface area contributed by atoms with Crippen LogP contribution in [-0.4, -0.2) is 75.0 Å². The fraction of sp³-hybridized carbons (Fsp3) is 0.469. The SMILES string of the molecule is C=CCCCOC(=O)[C@H]1[C@@H]2SC3(CC2Br)C(C(=O)N(CC=C)c2ccc4ccccc4c2)N(CCCCO)C(=O)[C@H]13. The van der Waals surface area contributed by atoms with Crippen molar-refractivity contribution >= 4 is 61.9 Å². The average Bonchev–Trinajstić information content (AvgIpc) is 3.57. The molecule has 0 radical (unpaired) electrons. The molecule has 3 heterocycles. The van der Waals surface area contributed by atoms with Gasteiger partial charge in [-0.3, -0.25) is 14.4 Å². The quantitative estimate of drug-likeness (QED) is 0.142. The first-order valence-corrected chi connectivity index (χ1v) is 16.1. The summed E-state index contributed by atoms with van der Waals surface area (Å²) in [4.78, 5) is 45.7. The molecule has 41 heavy (non-hydrogen) atoms. The third kappa shape index (κ3) is 5.37. The van der Waals surface area contributed by atoms with E-state index in [0.29, 0.717) is 32.2 Å². The van der Waals surface area contributed by atoms with Crippen molar-refractivity contribution in [3.05, 3.63) is 67.8 Å². The summed E-state index contributed by atoms with van der Waals surface area (Å²) in [7, 11) is 0. The number of fused-ring (bicyclic) bond motifs is 2. The Hall–Kier alpha value is -2.62. The first kappa shape index (κ1) is 29.9. The van der Waals surface area contributed by atoms with Crippen molar-refractivity contribution in [2.45, 2.75) is 53.0 Å². The molecule has 6 atom stereocenters. The van der Waals surface area contributed by atoms with Crippen molar-refractivity contribution in [2.75, 3.05) is 31.2 Å². The van der Waals surface area contributed by atoms with E-state index in [4.69, 9.17) is 4.74 Å². The van der Waals surface area contributed by atoms with Gasteiger partial charge < -0.3 is 19.6 Å². The van der Waals surface area contributed by atoms with Crippen molar-refractivity contribution in [2.24, 2.45) is 11.8 Å². The van der Waals surface area contributed by atoms with Crippen molar-refractivity contribution in [3.63, 3.8) is 0 Å². The van der Waals surface area contributed by atoms with E-state index in [0.717, 1.165) is 22.9 Å². The standard InChI is InChI=1S/C32H37BrN2O5S/c1-3-5-10-18-40-31(39)25-26-29(37)35(16-8-9-17-36)28(32(26)20-24(33)27(25)41-32)30(38)34(15-4-2)23-14-13-21-11-6-7-12-22(21)19-23/h3-4,6-7,11-14,19,24-28,36H,1-2,5,8-10,15-18,20H2/t24?,25-,26+,27-,28?,32?/m1/s1. The number of hydrogen-bond acceptors (Lipinski definition) is 6. The molecule has 2 bridgehead atoms. The summed E-state index contributed by atoms with van der Waals surface area (Å²) in [6.45, 7) is 8.54. The Morgan fingerprint density at radius 1 is 1.15 bits per heavy atom. The number of carbonyl (C=O) groups excluding carboxylic acids is 3. The number of carbonyl (C=O) groups is 3. The number of ether oxygens (including phenoxy) is 1. The molecule has 2 amide bonds. The zero-order valence-corrected chi connectivity index (χ0v) is 25.5. The molecule has 1 spiro atoms. The van der Waals surface area contributed by atoms with Crippen LogP contribution in [0.15, 0.2) is 67.8 Å². The Labute approximate surface area is 254 Å². The van der Waals surface area contributed by atoms with Gasteiger partial charge in [-0.15, -0.1) is 24.9 Å². The number of benzene rings is 2. The van der Waals surface area contributed by atoms with Crippen LogP contribution < -0.4 is 4.90 Å². The van der Waals surface area contributed by atoms with Crippen molar-refractivity contribution in [1.82, 2.24) is 4.90 Å². The van der Waals surface area contributed by atoms with Crippen LogP contribution in [0.5, 0.6) is 0 Å². The number of thioether (sulfide) groups is 1. The molecule has 0 aromatic heterocycles. The van der Waals surface area contributed by atoms with Crippen LogP contribution in [0, 0.1) is 11.8 Å². The zero-order valence-electron chi connectivity index (χ0n) is 23.1. The fourth-order valence-corrected chi connectivity index (χ4v) is 10.3. The van der Waals surface area contributed by atoms with Gasteiger partial charge in [-0.25, -0.2) is 0 Å². The van der Waals surface area contributed by atoms with Gasteiger partial charge >= 0.3 is 5.97 Å². The minimum Gasteiger partial charge on any atom is -0.465 e. The second-order valence-electron chi connectivity index (χ2n) is 11.0. The molecule has 1 N–H and O–H groups in total. The summed E-state index contributed by atoms with van der Waals surface area (Å²) in [5.74, 6) is -1.96. The maximum Gasteiger partial charge on any atom is 0.310 e. The van der Waals surface area contributed by atoms with E-state index < -0.39 is 22.6 Å². The molecule has 9 heteroatoms. The third-order valence-electron chi connectivity index (χ3n) is 8.52. The lowest BCUT2D eigenvalue weighted by molar-refractivity contribution is -0.154. The van der Waals surface area contributed by atoms with Crippen LogP contribution in [0.4, 0.5) is 5.69 Å². The highest BCUT2D eigenvalue weighted by molar-refractivity contribution is 9.09. The van der Waals surface area contributed by atoms with Gasteiger partial charge in [-0.05, 0) is 55.0 Å².